The maximum atomic E-state index is 5.82. The average molecular weight is 223 g/mol. The van der Waals surface area contributed by atoms with Crippen LogP contribution in [0.15, 0.2) is 18.2 Å². The van der Waals surface area contributed by atoms with Gasteiger partial charge >= 0.3 is 0 Å². The molecule has 0 aromatic heterocycles. The van der Waals surface area contributed by atoms with Gasteiger partial charge < -0.3 is 19.1 Å². The molecule has 2 rings (SSSR count). The Bertz CT molecular complexity index is 367. The van der Waals surface area contributed by atoms with Crippen LogP contribution in [0.25, 0.3) is 0 Å². The van der Waals surface area contributed by atoms with E-state index in [4.69, 9.17) is 14.2 Å². The molecule has 4 heteroatoms. The Morgan fingerprint density at radius 3 is 2.94 bits per heavy atom. The van der Waals surface area contributed by atoms with Crippen molar-refractivity contribution in [3.05, 3.63) is 18.2 Å². The van der Waals surface area contributed by atoms with Gasteiger partial charge in [-0.1, -0.05) is 0 Å². The number of benzene rings is 1. The molecule has 0 aliphatic carbocycles. The molecule has 0 saturated heterocycles. The predicted octanol–water partition coefficient (Wildman–Crippen LogP) is 1.54. The summed E-state index contributed by atoms with van der Waals surface area (Å²) in [6, 6.07) is 5.83. The van der Waals surface area contributed by atoms with Crippen molar-refractivity contribution in [2.24, 2.45) is 0 Å². The molecule has 1 aliphatic rings. The second-order valence-electron chi connectivity index (χ2n) is 3.91. The number of hydrogen-bond donors (Lipinski definition) is 0. The van der Waals surface area contributed by atoms with Gasteiger partial charge in [-0.3, -0.25) is 0 Å². The first-order valence-electron chi connectivity index (χ1n) is 5.29. The lowest BCUT2D eigenvalue weighted by atomic mass is 10.2. The van der Waals surface area contributed by atoms with Crippen LogP contribution in [0.2, 0.25) is 0 Å². The lowest BCUT2D eigenvalue weighted by Gasteiger charge is -2.33. The maximum absolute atomic E-state index is 5.82. The van der Waals surface area contributed by atoms with Crippen molar-refractivity contribution >= 4 is 5.69 Å². The normalized spacial score (nSPS) is 18.9. The molecule has 1 heterocycles. The van der Waals surface area contributed by atoms with E-state index in [1.807, 2.05) is 25.2 Å². The highest BCUT2D eigenvalue weighted by Gasteiger charge is 2.23. The van der Waals surface area contributed by atoms with E-state index in [9.17, 15) is 0 Å². The molecule has 1 atom stereocenters. The number of anilines is 1. The number of rotatable bonds is 3. The van der Waals surface area contributed by atoms with Gasteiger partial charge in [0.1, 0.15) is 17.6 Å². The van der Waals surface area contributed by atoms with E-state index in [2.05, 4.69) is 4.90 Å². The first-order valence-corrected chi connectivity index (χ1v) is 5.29. The molecular formula is C12H17NO3. The first-order chi connectivity index (χ1) is 7.74. The molecule has 0 radical (unpaired) electrons. The quantitative estimate of drug-likeness (QED) is 0.777. The van der Waals surface area contributed by atoms with Crippen LogP contribution in [0.1, 0.15) is 0 Å². The Hall–Kier alpha value is -1.42. The zero-order valence-electron chi connectivity index (χ0n) is 9.90. The zero-order valence-corrected chi connectivity index (χ0v) is 9.90. The maximum Gasteiger partial charge on any atom is 0.143 e. The van der Waals surface area contributed by atoms with Crippen LogP contribution >= 0.6 is 0 Å². The summed E-state index contributed by atoms with van der Waals surface area (Å²) in [6.45, 7) is 1.43. The Morgan fingerprint density at radius 1 is 1.44 bits per heavy atom. The van der Waals surface area contributed by atoms with Gasteiger partial charge in [0.2, 0.25) is 0 Å². The molecule has 16 heavy (non-hydrogen) atoms. The number of likely N-dealkylation sites (N-methyl/N-ethyl adjacent to an activating group) is 1. The van der Waals surface area contributed by atoms with Gasteiger partial charge in [-0.2, -0.15) is 0 Å². The average Bonchev–Trinajstić information content (AvgIpc) is 2.29. The molecule has 1 aliphatic heterocycles. The Balaban J connectivity index is 2.23. The third-order valence-corrected chi connectivity index (χ3v) is 2.70. The summed E-state index contributed by atoms with van der Waals surface area (Å²) >= 11 is 0. The van der Waals surface area contributed by atoms with Crippen molar-refractivity contribution < 1.29 is 14.2 Å². The zero-order chi connectivity index (χ0) is 11.5. The van der Waals surface area contributed by atoms with Crippen molar-refractivity contribution in [1.82, 2.24) is 0 Å². The lowest BCUT2D eigenvalue weighted by Crippen LogP contribution is -2.40. The van der Waals surface area contributed by atoms with Crippen LogP contribution in [0, 0.1) is 0 Å². The van der Waals surface area contributed by atoms with Crippen LogP contribution in [0.5, 0.6) is 11.5 Å². The Kier molecular flexibility index (Phi) is 3.19. The molecule has 1 aromatic carbocycles. The molecule has 0 amide bonds. The van der Waals surface area contributed by atoms with Crippen LogP contribution < -0.4 is 14.4 Å². The van der Waals surface area contributed by atoms with Crippen LogP contribution in [0.3, 0.4) is 0 Å². The van der Waals surface area contributed by atoms with Gasteiger partial charge in [0, 0.05) is 20.2 Å². The molecule has 0 N–H and O–H groups in total. The minimum Gasteiger partial charge on any atom is -0.497 e. The molecule has 0 spiro atoms. The minimum absolute atomic E-state index is 0.0934. The van der Waals surface area contributed by atoms with Crippen LogP contribution in [-0.4, -0.2) is 40.5 Å². The second-order valence-corrected chi connectivity index (χ2v) is 3.91. The van der Waals surface area contributed by atoms with Crippen molar-refractivity contribution in [3.63, 3.8) is 0 Å². The SMILES string of the molecule is COC[C@@H]1CN(C)c2cc(OC)ccc2O1. The molecule has 0 saturated carbocycles. The summed E-state index contributed by atoms with van der Waals surface area (Å²) in [7, 11) is 5.40. The van der Waals surface area contributed by atoms with Crippen LogP contribution in [0.4, 0.5) is 5.69 Å². The van der Waals surface area contributed by atoms with Crippen LogP contribution in [-0.2, 0) is 4.74 Å². The summed E-state index contributed by atoms with van der Waals surface area (Å²) in [5, 5.41) is 0. The number of nitrogens with zero attached hydrogens (tertiary/aromatic N) is 1. The fourth-order valence-electron chi connectivity index (χ4n) is 1.92. The molecule has 0 fully saturated rings. The summed E-state index contributed by atoms with van der Waals surface area (Å²) in [5.74, 6) is 1.73. The third kappa shape index (κ3) is 2.07. The smallest absolute Gasteiger partial charge is 0.143 e. The first kappa shape index (κ1) is 11.1. The molecular weight excluding hydrogens is 206 g/mol. The van der Waals surface area contributed by atoms with Gasteiger partial charge in [-0.05, 0) is 12.1 Å². The van der Waals surface area contributed by atoms with E-state index in [1.165, 1.54) is 0 Å². The number of methoxy groups -OCH3 is 2. The van der Waals surface area contributed by atoms with Crippen molar-refractivity contribution in [3.8, 4) is 11.5 Å². The standard InChI is InChI=1S/C12H17NO3/c1-13-7-10(8-14-2)16-12-5-4-9(15-3)6-11(12)13/h4-6,10H,7-8H2,1-3H3/t10-/m0/s1. The van der Waals surface area contributed by atoms with E-state index >= 15 is 0 Å². The molecule has 0 bridgehead atoms. The fraction of sp³-hybridized carbons (Fsp3) is 0.500. The Morgan fingerprint density at radius 2 is 2.25 bits per heavy atom. The molecule has 88 valence electrons. The van der Waals surface area contributed by atoms with Crippen molar-refractivity contribution in [2.75, 3.05) is 39.3 Å². The van der Waals surface area contributed by atoms with Gasteiger partial charge in [-0.15, -0.1) is 0 Å². The number of fused-ring (bicyclic) bond motifs is 1. The summed E-state index contributed by atoms with van der Waals surface area (Å²) in [6.07, 6.45) is 0.0934. The predicted molar refractivity (Wildman–Crippen MR) is 62.6 cm³/mol. The van der Waals surface area contributed by atoms with E-state index in [1.54, 1.807) is 14.2 Å². The third-order valence-electron chi connectivity index (χ3n) is 2.70. The van der Waals surface area contributed by atoms with E-state index < -0.39 is 0 Å². The summed E-state index contributed by atoms with van der Waals surface area (Å²) in [5.41, 5.74) is 1.06. The van der Waals surface area contributed by atoms with Gasteiger partial charge in [0.15, 0.2) is 0 Å². The highest BCUT2D eigenvalue weighted by Crippen LogP contribution is 2.35. The minimum atomic E-state index is 0.0934. The number of hydrogen-bond acceptors (Lipinski definition) is 4. The monoisotopic (exact) mass is 223 g/mol. The van der Waals surface area contributed by atoms with Crippen molar-refractivity contribution in [1.29, 1.82) is 0 Å². The fourth-order valence-corrected chi connectivity index (χ4v) is 1.92. The second kappa shape index (κ2) is 4.61. The van der Waals surface area contributed by atoms with Gasteiger partial charge in [0.25, 0.3) is 0 Å². The number of ether oxygens (including phenoxy) is 3. The molecule has 0 unspecified atom stereocenters. The van der Waals surface area contributed by atoms with E-state index in [0.717, 1.165) is 23.7 Å². The largest absolute Gasteiger partial charge is 0.497 e. The molecule has 1 aromatic rings. The van der Waals surface area contributed by atoms with E-state index in [-0.39, 0.29) is 6.10 Å². The van der Waals surface area contributed by atoms with E-state index in [0.29, 0.717) is 6.61 Å². The van der Waals surface area contributed by atoms with Gasteiger partial charge in [-0.25, -0.2) is 0 Å². The highest BCUT2D eigenvalue weighted by molar-refractivity contribution is 5.62. The Labute approximate surface area is 95.7 Å². The topological polar surface area (TPSA) is 30.9 Å². The lowest BCUT2D eigenvalue weighted by molar-refractivity contribution is 0.0801. The van der Waals surface area contributed by atoms with Crippen molar-refractivity contribution in [2.45, 2.75) is 6.10 Å². The molecule has 4 nitrogen and oxygen atoms in total. The summed E-state index contributed by atoms with van der Waals surface area (Å²) < 4.78 is 16.1. The highest BCUT2D eigenvalue weighted by atomic mass is 16.5. The summed E-state index contributed by atoms with van der Waals surface area (Å²) in [4.78, 5) is 2.16. The van der Waals surface area contributed by atoms with Gasteiger partial charge in [0.05, 0.1) is 25.9 Å².